The summed E-state index contributed by atoms with van der Waals surface area (Å²) in [6.07, 6.45) is 3.14. The van der Waals surface area contributed by atoms with Crippen LogP contribution in [0, 0.1) is 0 Å². The number of hydrogen-bond donors (Lipinski definition) is 1. The van der Waals surface area contributed by atoms with Crippen molar-refractivity contribution in [2.45, 2.75) is 32.7 Å². The lowest BCUT2D eigenvalue weighted by molar-refractivity contribution is 0.184. The van der Waals surface area contributed by atoms with Gasteiger partial charge in [0.15, 0.2) is 0 Å². The van der Waals surface area contributed by atoms with Gasteiger partial charge in [0.05, 0.1) is 11.6 Å². The number of ether oxygens (including phenoxy) is 1. The lowest BCUT2D eigenvalue weighted by Crippen LogP contribution is -2.12. The van der Waals surface area contributed by atoms with E-state index in [1.807, 2.05) is 6.20 Å². The van der Waals surface area contributed by atoms with Crippen LogP contribution >= 0.6 is 11.3 Å². The zero-order valence-electron chi connectivity index (χ0n) is 9.75. The Labute approximate surface area is 95.9 Å². The lowest BCUT2D eigenvalue weighted by Gasteiger charge is -2.05. The highest BCUT2D eigenvalue weighted by atomic mass is 32.1. The summed E-state index contributed by atoms with van der Waals surface area (Å²) in [5.41, 5.74) is 0. The molecule has 0 saturated heterocycles. The largest absolute Gasteiger partial charge is 0.384 e. The molecule has 86 valence electrons. The van der Waals surface area contributed by atoms with Gasteiger partial charge in [-0.15, -0.1) is 11.3 Å². The normalized spacial score (nSPS) is 13.0. The van der Waals surface area contributed by atoms with Crippen molar-refractivity contribution in [2.24, 2.45) is 0 Å². The van der Waals surface area contributed by atoms with Crippen LogP contribution in [0.2, 0.25) is 0 Å². The smallest absolute Gasteiger partial charge is 0.0979 e. The SMILES string of the molecule is CCCNCc1cnc(C(C)COC)s1. The minimum Gasteiger partial charge on any atom is -0.384 e. The average Bonchev–Trinajstić information content (AvgIpc) is 2.67. The number of hydrogen-bond acceptors (Lipinski definition) is 4. The van der Waals surface area contributed by atoms with Crippen LogP contribution in [-0.2, 0) is 11.3 Å². The summed E-state index contributed by atoms with van der Waals surface area (Å²) in [6, 6.07) is 0. The van der Waals surface area contributed by atoms with Crippen LogP contribution < -0.4 is 5.32 Å². The molecule has 1 rings (SSSR count). The third-order valence-corrected chi connectivity index (χ3v) is 3.36. The van der Waals surface area contributed by atoms with Crippen molar-refractivity contribution >= 4 is 11.3 Å². The first-order valence-electron chi connectivity index (χ1n) is 5.42. The van der Waals surface area contributed by atoms with E-state index in [2.05, 4.69) is 24.1 Å². The van der Waals surface area contributed by atoms with Crippen molar-refractivity contribution < 1.29 is 4.74 Å². The standard InChI is InChI=1S/C11H20N2OS/c1-4-5-12-6-10-7-13-11(15-10)9(2)8-14-3/h7,9,12H,4-6,8H2,1-3H3. The first-order chi connectivity index (χ1) is 7.27. The van der Waals surface area contributed by atoms with Crippen LogP contribution in [0.4, 0.5) is 0 Å². The molecule has 3 nitrogen and oxygen atoms in total. The molecule has 0 spiro atoms. The number of thiazole rings is 1. The van der Waals surface area contributed by atoms with Gasteiger partial charge >= 0.3 is 0 Å². The topological polar surface area (TPSA) is 34.2 Å². The van der Waals surface area contributed by atoms with Crippen LogP contribution in [0.15, 0.2) is 6.20 Å². The molecule has 1 unspecified atom stereocenters. The summed E-state index contributed by atoms with van der Waals surface area (Å²) in [5.74, 6) is 0.403. The molecule has 4 heteroatoms. The molecule has 0 saturated carbocycles. The fourth-order valence-electron chi connectivity index (χ4n) is 1.34. The molecule has 0 aliphatic rings. The number of methoxy groups -OCH3 is 1. The van der Waals surface area contributed by atoms with E-state index >= 15 is 0 Å². The summed E-state index contributed by atoms with van der Waals surface area (Å²) < 4.78 is 5.12. The Morgan fingerprint density at radius 1 is 1.60 bits per heavy atom. The zero-order chi connectivity index (χ0) is 11.1. The van der Waals surface area contributed by atoms with Crippen molar-refractivity contribution in [3.63, 3.8) is 0 Å². The quantitative estimate of drug-likeness (QED) is 0.728. The predicted molar refractivity (Wildman–Crippen MR) is 64.4 cm³/mol. The number of rotatable bonds is 7. The fourth-order valence-corrected chi connectivity index (χ4v) is 2.26. The maximum absolute atomic E-state index is 5.12. The Morgan fingerprint density at radius 2 is 2.40 bits per heavy atom. The van der Waals surface area contributed by atoms with Crippen molar-refractivity contribution in [3.05, 3.63) is 16.1 Å². The van der Waals surface area contributed by atoms with Crippen molar-refractivity contribution in [3.8, 4) is 0 Å². The predicted octanol–water partition coefficient (Wildman–Crippen LogP) is 2.39. The van der Waals surface area contributed by atoms with E-state index in [1.54, 1.807) is 18.4 Å². The Balaban J connectivity index is 2.41. The second kappa shape index (κ2) is 6.93. The molecule has 0 aliphatic carbocycles. The van der Waals surface area contributed by atoms with Crippen molar-refractivity contribution in [1.82, 2.24) is 10.3 Å². The van der Waals surface area contributed by atoms with Gasteiger partial charge in [0.2, 0.25) is 0 Å². The third kappa shape index (κ3) is 4.28. The zero-order valence-corrected chi connectivity index (χ0v) is 10.6. The van der Waals surface area contributed by atoms with Crippen LogP contribution in [0.1, 0.15) is 36.1 Å². The molecular weight excluding hydrogens is 208 g/mol. The van der Waals surface area contributed by atoms with Crippen LogP contribution in [0.5, 0.6) is 0 Å². The van der Waals surface area contributed by atoms with E-state index in [0.717, 1.165) is 19.7 Å². The van der Waals surface area contributed by atoms with Gasteiger partial charge in [-0.3, -0.25) is 0 Å². The van der Waals surface area contributed by atoms with Crippen molar-refractivity contribution in [1.29, 1.82) is 0 Å². The van der Waals surface area contributed by atoms with E-state index in [9.17, 15) is 0 Å². The Hall–Kier alpha value is -0.450. The number of nitrogens with one attached hydrogen (secondary N) is 1. The van der Waals surface area contributed by atoms with Gasteiger partial charge in [0, 0.05) is 30.6 Å². The van der Waals surface area contributed by atoms with Crippen LogP contribution in [-0.4, -0.2) is 25.2 Å². The van der Waals surface area contributed by atoms with E-state index in [-0.39, 0.29) is 0 Å². The molecule has 0 radical (unpaired) electrons. The molecule has 1 aromatic heterocycles. The molecule has 1 N–H and O–H groups in total. The van der Waals surface area contributed by atoms with Gasteiger partial charge < -0.3 is 10.1 Å². The highest BCUT2D eigenvalue weighted by molar-refractivity contribution is 7.11. The fraction of sp³-hybridized carbons (Fsp3) is 0.727. The highest BCUT2D eigenvalue weighted by Crippen LogP contribution is 2.21. The average molecular weight is 228 g/mol. The Kier molecular flexibility index (Phi) is 5.83. The number of nitrogens with zero attached hydrogens (tertiary/aromatic N) is 1. The highest BCUT2D eigenvalue weighted by Gasteiger charge is 2.09. The molecule has 1 heterocycles. The molecule has 1 atom stereocenters. The molecule has 1 aromatic rings. The first-order valence-corrected chi connectivity index (χ1v) is 6.23. The second-order valence-electron chi connectivity index (χ2n) is 3.70. The molecule has 0 fully saturated rings. The van der Waals surface area contributed by atoms with Gasteiger partial charge in [-0.2, -0.15) is 0 Å². The minimum atomic E-state index is 0.403. The monoisotopic (exact) mass is 228 g/mol. The summed E-state index contributed by atoms with van der Waals surface area (Å²) in [7, 11) is 1.73. The van der Waals surface area contributed by atoms with E-state index in [1.165, 1.54) is 16.3 Å². The van der Waals surface area contributed by atoms with E-state index < -0.39 is 0 Å². The van der Waals surface area contributed by atoms with Crippen molar-refractivity contribution in [2.75, 3.05) is 20.3 Å². The molecule has 0 aliphatic heterocycles. The molecule has 0 aromatic carbocycles. The lowest BCUT2D eigenvalue weighted by atomic mass is 10.2. The maximum Gasteiger partial charge on any atom is 0.0979 e. The van der Waals surface area contributed by atoms with Gasteiger partial charge in [0.1, 0.15) is 0 Å². The molecule has 15 heavy (non-hydrogen) atoms. The third-order valence-electron chi connectivity index (χ3n) is 2.14. The van der Waals surface area contributed by atoms with Crippen LogP contribution in [0.25, 0.3) is 0 Å². The van der Waals surface area contributed by atoms with E-state index in [0.29, 0.717) is 5.92 Å². The Bertz CT molecular complexity index is 275. The Morgan fingerprint density at radius 3 is 3.07 bits per heavy atom. The van der Waals surface area contributed by atoms with Crippen LogP contribution in [0.3, 0.4) is 0 Å². The maximum atomic E-state index is 5.12. The second-order valence-corrected chi connectivity index (χ2v) is 4.84. The minimum absolute atomic E-state index is 0.403. The van der Waals surface area contributed by atoms with Gasteiger partial charge in [-0.1, -0.05) is 13.8 Å². The summed E-state index contributed by atoms with van der Waals surface area (Å²) in [5, 5.41) is 4.55. The molecular formula is C11H20N2OS. The molecule has 0 bridgehead atoms. The first kappa shape index (κ1) is 12.6. The van der Waals surface area contributed by atoms with E-state index in [4.69, 9.17) is 4.74 Å². The summed E-state index contributed by atoms with van der Waals surface area (Å²) in [6.45, 7) is 7.07. The summed E-state index contributed by atoms with van der Waals surface area (Å²) in [4.78, 5) is 5.72. The molecule has 0 amide bonds. The van der Waals surface area contributed by atoms with Gasteiger partial charge in [-0.25, -0.2) is 4.98 Å². The number of aromatic nitrogens is 1. The van der Waals surface area contributed by atoms with Gasteiger partial charge in [0.25, 0.3) is 0 Å². The van der Waals surface area contributed by atoms with Gasteiger partial charge in [-0.05, 0) is 13.0 Å². The summed E-state index contributed by atoms with van der Waals surface area (Å²) >= 11 is 1.78.